The van der Waals surface area contributed by atoms with E-state index in [0.717, 1.165) is 5.56 Å². The minimum absolute atomic E-state index is 0.0117. The van der Waals surface area contributed by atoms with E-state index in [1.807, 2.05) is 13.8 Å². The molecular formula is C22H32N4O6. The van der Waals surface area contributed by atoms with Crippen LogP contribution in [-0.2, 0) is 19.1 Å². The summed E-state index contributed by atoms with van der Waals surface area (Å²) in [6, 6.07) is 7.04. The maximum absolute atomic E-state index is 11.9. The van der Waals surface area contributed by atoms with Crippen molar-refractivity contribution in [2.24, 2.45) is 5.92 Å². The molecule has 0 spiro atoms. The molecule has 0 unspecified atom stereocenters. The molecule has 1 aromatic carbocycles. The van der Waals surface area contributed by atoms with E-state index in [1.54, 1.807) is 31.2 Å². The highest BCUT2D eigenvalue weighted by Gasteiger charge is 2.07. The van der Waals surface area contributed by atoms with Gasteiger partial charge in [-0.2, -0.15) is 0 Å². The number of carbonyl (C=O) groups is 2. The first kappa shape index (κ1) is 25.3. The number of amides is 2. The Hall–Kier alpha value is -2.98. The van der Waals surface area contributed by atoms with Crippen molar-refractivity contribution >= 4 is 11.8 Å². The number of benzene rings is 1. The van der Waals surface area contributed by atoms with Gasteiger partial charge in [0.25, 0.3) is 5.91 Å². The average Bonchev–Trinajstić information content (AvgIpc) is 3.21. The standard InChI is InChI=1S/C22H32N4O6/c1-16(2)14-24-20(27)8-10-29-12-13-30-11-9-23-21(28)15-31-19-6-4-18(5-7-19)22-26-25-17(3)32-22/h4-7,16H,8-15H2,1-3H3,(H,23,28)(H,24,27). The van der Waals surface area contributed by atoms with Gasteiger partial charge in [0.05, 0.1) is 26.4 Å². The maximum Gasteiger partial charge on any atom is 0.258 e. The van der Waals surface area contributed by atoms with E-state index in [2.05, 4.69) is 20.8 Å². The molecule has 0 radical (unpaired) electrons. The summed E-state index contributed by atoms with van der Waals surface area (Å²) in [4.78, 5) is 23.4. The van der Waals surface area contributed by atoms with Crippen LogP contribution in [0, 0.1) is 12.8 Å². The van der Waals surface area contributed by atoms with Crippen LogP contribution in [0.5, 0.6) is 5.75 Å². The second-order valence-corrected chi connectivity index (χ2v) is 7.46. The molecule has 10 heteroatoms. The van der Waals surface area contributed by atoms with Gasteiger partial charge in [-0.05, 0) is 30.2 Å². The fraction of sp³-hybridized carbons (Fsp3) is 0.545. The molecule has 2 aromatic rings. The van der Waals surface area contributed by atoms with Crippen molar-refractivity contribution in [2.75, 3.05) is 46.1 Å². The van der Waals surface area contributed by atoms with Crippen molar-refractivity contribution in [3.05, 3.63) is 30.2 Å². The Kier molecular flexibility index (Phi) is 11.2. The molecule has 2 rings (SSSR count). The fourth-order valence-corrected chi connectivity index (χ4v) is 2.46. The fourth-order valence-electron chi connectivity index (χ4n) is 2.46. The second-order valence-electron chi connectivity index (χ2n) is 7.46. The summed E-state index contributed by atoms with van der Waals surface area (Å²) < 4.78 is 21.6. The Morgan fingerprint density at radius 1 is 0.969 bits per heavy atom. The normalized spacial score (nSPS) is 10.9. The van der Waals surface area contributed by atoms with E-state index < -0.39 is 0 Å². The Bertz CT molecular complexity index is 822. The summed E-state index contributed by atoms with van der Waals surface area (Å²) in [5.74, 6) is 1.67. The number of carbonyl (C=O) groups excluding carboxylic acids is 2. The van der Waals surface area contributed by atoms with Gasteiger partial charge in [0, 0.05) is 32.0 Å². The number of hydrogen-bond acceptors (Lipinski definition) is 8. The van der Waals surface area contributed by atoms with Gasteiger partial charge < -0.3 is 29.3 Å². The molecule has 0 aliphatic rings. The molecule has 32 heavy (non-hydrogen) atoms. The third-order valence-corrected chi connectivity index (χ3v) is 4.12. The molecule has 0 aliphatic heterocycles. The van der Waals surface area contributed by atoms with E-state index in [4.69, 9.17) is 18.6 Å². The smallest absolute Gasteiger partial charge is 0.258 e. The van der Waals surface area contributed by atoms with Crippen LogP contribution in [-0.4, -0.2) is 68.1 Å². The highest BCUT2D eigenvalue weighted by molar-refractivity contribution is 5.77. The van der Waals surface area contributed by atoms with E-state index in [0.29, 0.717) is 69.4 Å². The highest BCUT2D eigenvalue weighted by Crippen LogP contribution is 2.21. The third-order valence-electron chi connectivity index (χ3n) is 4.12. The molecule has 0 atom stereocenters. The highest BCUT2D eigenvalue weighted by atomic mass is 16.5. The van der Waals surface area contributed by atoms with Gasteiger partial charge in [0.15, 0.2) is 6.61 Å². The summed E-state index contributed by atoms with van der Waals surface area (Å²) >= 11 is 0. The zero-order valence-electron chi connectivity index (χ0n) is 18.9. The minimum Gasteiger partial charge on any atom is -0.484 e. The van der Waals surface area contributed by atoms with Gasteiger partial charge >= 0.3 is 0 Å². The number of nitrogens with one attached hydrogen (secondary N) is 2. The summed E-state index contributed by atoms with van der Waals surface area (Å²) in [5, 5.41) is 13.3. The van der Waals surface area contributed by atoms with Gasteiger partial charge in [-0.1, -0.05) is 13.8 Å². The van der Waals surface area contributed by atoms with Gasteiger partial charge in [-0.3, -0.25) is 9.59 Å². The van der Waals surface area contributed by atoms with Crippen LogP contribution < -0.4 is 15.4 Å². The first-order valence-electron chi connectivity index (χ1n) is 10.7. The van der Waals surface area contributed by atoms with Crippen LogP contribution in [0.3, 0.4) is 0 Å². The third kappa shape index (κ3) is 10.4. The molecule has 176 valence electrons. The molecule has 10 nitrogen and oxygen atoms in total. The molecule has 2 amide bonds. The summed E-state index contributed by atoms with van der Waals surface area (Å²) in [7, 11) is 0. The van der Waals surface area contributed by atoms with Crippen LogP contribution in [0.25, 0.3) is 11.5 Å². The zero-order chi connectivity index (χ0) is 23.2. The largest absolute Gasteiger partial charge is 0.484 e. The predicted octanol–water partition coefficient (Wildman–Crippen LogP) is 1.74. The lowest BCUT2D eigenvalue weighted by Crippen LogP contribution is -2.32. The molecular weight excluding hydrogens is 416 g/mol. The molecule has 0 saturated carbocycles. The van der Waals surface area contributed by atoms with Crippen molar-refractivity contribution in [3.63, 3.8) is 0 Å². The Labute approximate surface area is 188 Å². The van der Waals surface area contributed by atoms with Gasteiger partial charge in [-0.25, -0.2) is 0 Å². The quantitative estimate of drug-likeness (QED) is 0.395. The van der Waals surface area contributed by atoms with Gasteiger partial charge in [0.2, 0.25) is 17.7 Å². The minimum atomic E-state index is -0.242. The van der Waals surface area contributed by atoms with Crippen LogP contribution in [0.4, 0.5) is 0 Å². The van der Waals surface area contributed by atoms with Crippen molar-refractivity contribution in [1.29, 1.82) is 0 Å². The Morgan fingerprint density at radius 2 is 1.69 bits per heavy atom. The number of ether oxygens (including phenoxy) is 3. The molecule has 1 heterocycles. The maximum atomic E-state index is 11.9. The second kappa shape index (κ2) is 14.2. The lowest BCUT2D eigenvalue weighted by molar-refractivity contribution is -0.123. The molecule has 0 saturated heterocycles. The van der Waals surface area contributed by atoms with Gasteiger partial charge in [-0.15, -0.1) is 10.2 Å². The first-order chi connectivity index (χ1) is 15.4. The monoisotopic (exact) mass is 448 g/mol. The summed E-state index contributed by atoms with van der Waals surface area (Å²) in [6.07, 6.45) is 0.335. The number of nitrogens with zero attached hydrogens (tertiary/aromatic N) is 2. The Balaban J connectivity index is 1.46. The van der Waals surface area contributed by atoms with Gasteiger partial charge in [0.1, 0.15) is 5.75 Å². The number of rotatable bonds is 15. The first-order valence-corrected chi connectivity index (χ1v) is 10.7. The molecule has 0 aliphatic carbocycles. The van der Waals surface area contributed by atoms with Crippen LogP contribution >= 0.6 is 0 Å². The topological polar surface area (TPSA) is 125 Å². The van der Waals surface area contributed by atoms with E-state index >= 15 is 0 Å². The lowest BCUT2D eigenvalue weighted by Gasteiger charge is -2.09. The predicted molar refractivity (Wildman–Crippen MR) is 117 cm³/mol. The SMILES string of the molecule is Cc1nnc(-c2ccc(OCC(=O)NCCOCCOCCC(=O)NCC(C)C)cc2)o1. The van der Waals surface area contributed by atoms with Crippen molar-refractivity contribution in [2.45, 2.75) is 27.2 Å². The molecule has 1 aromatic heterocycles. The number of aromatic nitrogens is 2. The van der Waals surface area contributed by atoms with Crippen LogP contribution in [0.1, 0.15) is 26.2 Å². The number of aryl methyl sites for hydroxylation is 1. The molecule has 0 fully saturated rings. The van der Waals surface area contributed by atoms with Crippen LogP contribution in [0.15, 0.2) is 28.7 Å². The lowest BCUT2D eigenvalue weighted by atomic mass is 10.2. The van der Waals surface area contributed by atoms with Crippen molar-refractivity contribution in [1.82, 2.24) is 20.8 Å². The van der Waals surface area contributed by atoms with E-state index in [-0.39, 0.29) is 18.4 Å². The van der Waals surface area contributed by atoms with Crippen molar-refractivity contribution < 1.29 is 28.2 Å². The summed E-state index contributed by atoms with van der Waals surface area (Å²) in [6.45, 7) is 8.27. The average molecular weight is 449 g/mol. The zero-order valence-corrected chi connectivity index (χ0v) is 18.9. The van der Waals surface area contributed by atoms with Crippen molar-refractivity contribution in [3.8, 4) is 17.2 Å². The van der Waals surface area contributed by atoms with E-state index in [9.17, 15) is 9.59 Å². The molecule has 2 N–H and O–H groups in total. The number of hydrogen-bond donors (Lipinski definition) is 2. The molecule has 0 bridgehead atoms. The van der Waals surface area contributed by atoms with Crippen LogP contribution in [0.2, 0.25) is 0 Å². The van der Waals surface area contributed by atoms with E-state index in [1.165, 1.54) is 0 Å². The summed E-state index contributed by atoms with van der Waals surface area (Å²) in [5.41, 5.74) is 0.776. The Morgan fingerprint density at radius 3 is 2.34 bits per heavy atom.